The predicted molar refractivity (Wildman–Crippen MR) is 77.6 cm³/mol. The lowest BCUT2D eigenvalue weighted by atomic mass is 10.1. The summed E-state index contributed by atoms with van der Waals surface area (Å²) in [5.41, 5.74) is 2.27. The summed E-state index contributed by atoms with van der Waals surface area (Å²) in [5.74, 6) is 0.595. The number of carbonyl (C=O) groups excluding carboxylic acids is 1. The van der Waals surface area contributed by atoms with Gasteiger partial charge in [-0.3, -0.25) is 4.79 Å². The van der Waals surface area contributed by atoms with E-state index in [1.807, 2.05) is 54.6 Å². The highest BCUT2D eigenvalue weighted by atomic mass is 16.5. The number of hydrogen-bond acceptors (Lipinski definition) is 3. The number of ether oxygens (including phenoxy) is 2. The summed E-state index contributed by atoms with van der Waals surface area (Å²) in [4.78, 5) is 10.7. The van der Waals surface area contributed by atoms with Gasteiger partial charge in [0, 0.05) is 13.3 Å². The molecule has 2 aromatic rings. The molecular formula is C17H18O3. The maximum absolute atomic E-state index is 10.7. The van der Waals surface area contributed by atoms with E-state index >= 15 is 0 Å². The summed E-state index contributed by atoms with van der Waals surface area (Å²) in [7, 11) is 0. The standard InChI is InChI=1S/C17H18O3/c1-14(18)19-12-11-15-7-9-17(10-8-15)20-13-16-5-3-2-4-6-16/h2-10H,11-13H2,1H3. The highest BCUT2D eigenvalue weighted by molar-refractivity contribution is 5.65. The Morgan fingerprint density at radius 2 is 1.65 bits per heavy atom. The lowest BCUT2D eigenvalue weighted by Gasteiger charge is -2.07. The van der Waals surface area contributed by atoms with Gasteiger partial charge in [0.1, 0.15) is 12.4 Å². The van der Waals surface area contributed by atoms with Crippen molar-refractivity contribution in [3.05, 3.63) is 65.7 Å². The van der Waals surface area contributed by atoms with E-state index in [-0.39, 0.29) is 5.97 Å². The number of carbonyl (C=O) groups is 1. The van der Waals surface area contributed by atoms with E-state index in [1.165, 1.54) is 6.92 Å². The van der Waals surface area contributed by atoms with Crippen molar-refractivity contribution in [2.45, 2.75) is 20.0 Å². The maximum atomic E-state index is 10.7. The molecular weight excluding hydrogens is 252 g/mol. The molecule has 0 radical (unpaired) electrons. The first-order valence-electron chi connectivity index (χ1n) is 6.63. The average Bonchev–Trinajstić information content (AvgIpc) is 2.47. The van der Waals surface area contributed by atoms with Crippen LogP contribution in [0.25, 0.3) is 0 Å². The molecule has 0 saturated carbocycles. The SMILES string of the molecule is CC(=O)OCCc1ccc(OCc2ccccc2)cc1. The highest BCUT2D eigenvalue weighted by Crippen LogP contribution is 2.14. The molecule has 0 fully saturated rings. The van der Waals surface area contributed by atoms with Crippen LogP contribution in [0.1, 0.15) is 18.1 Å². The highest BCUT2D eigenvalue weighted by Gasteiger charge is 1.98. The van der Waals surface area contributed by atoms with Crippen molar-refractivity contribution in [2.75, 3.05) is 6.61 Å². The molecule has 0 heterocycles. The Bertz CT molecular complexity index is 532. The summed E-state index contributed by atoms with van der Waals surface area (Å²) in [6.45, 7) is 2.40. The van der Waals surface area contributed by atoms with Gasteiger partial charge in [-0.25, -0.2) is 0 Å². The number of benzene rings is 2. The molecule has 0 atom stereocenters. The smallest absolute Gasteiger partial charge is 0.302 e. The third-order valence-electron chi connectivity index (χ3n) is 2.87. The van der Waals surface area contributed by atoms with E-state index in [0.29, 0.717) is 13.2 Å². The van der Waals surface area contributed by atoms with Crippen LogP contribution in [0.3, 0.4) is 0 Å². The van der Waals surface area contributed by atoms with Gasteiger partial charge in [0.25, 0.3) is 0 Å². The minimum Gasteiger partial charge on any atom is -0.489 e. The number of rotatable bonds is 6. The Kier molecular flexibility index (Phi) is 5.18. The molecule has 0 spiro atoms. The van der Waals surface area contributed by atoms with E-state index in [9.17, 15) is 4.79 Å². The normalized spacial score (nSPS) is 10.1. The van der Waals surface area contributed by atoms with Crippen molar-refractivity contribution in [2.24, 2.45) is 0 Å². The molecule has 0 aliphatic carbocycles. The van der Waals surface area contributed by atoms with Crippen LogP contribution in [-0.2, 0) is 22.6 Å². The van der Waals surface area contributed by atoms with Gasteiger partial charge in [-0.15, -0.1) is 0 Å². The number of esters is 1. The fourth-order valence-corrected chi connectivity index (χ4v) is 1.81. The van der Waals surface area contributed by atoms with E-state index < -0.39 is 0 Å². The molecule has 20 heavy (non-hydrogen) atoms. The Morgan fingerprint density at radius 1 is 0.950 bits per heavy atom. The average molecular weight is 270 g/mol. The molecule has 104 valence electrons. The molecule has 0 aliphatic heterocycles. The maximum Gasteiger partial charge on any atom is 0.302 e. The zero-order valence-corrected chi connectivity index (χ0v) is 11.5. The van der Waals surface area contributed by atoms with Gasteiger partial charge in [0.15, 0.2) is 0 Å². The first-order chi connectivity index (χ1) is 9.74. The van der Waals surface area contributed by atoms with Gasteiger partial charge in [-0.1, -0.05) is 42.5 Å². The van der Waals surface area contributed by atoms with Crippen molar-refractivity contribution in [3.63, 3.8) is 0 Å². The van der Waals surface area contributed by atoms with Gasteiger partial charge in [-0.2, -0.15) is 0 Å². The van der Waals surface area contributed by atoms with Crippen molar-refractivity contribution in [1.29, 1.82) is 0 Å². The fourth-order valence-electron chi connectivity index (χ4n) is 1.81. The zero-order valence-electron chi connectivity index (χ0n) is 11.5. The Hall–Kier alpha value is -2.29. The molecule has 0 unspecified atom stereocenters. The van der Waals surface area contributed by atoms with Crippen LogP contribution in [0.2, 0.25) is 0 Å². The quantitative estimate of drug-likeness (QED) is 0.755. The molecule has 0 saturated heterocycles. The minimum absolute atomic E-state index is 0.243. The van der Waals surface area contributed by atoms with Gasteiger partial charge in [0.05, 0.1) is 6.61 Å². The molecule has 0 bridgehead atoms. The minimum atomic E-state index is -0.243. The van der Waals surface area contributed by atoms with Gasteiger partial charge < -0.3 is 9.47 Å². The van der Waals surface area contributed by atoms with Crippen molar-refractivity contribution < 1.29 is 14.3 Å². The van der Waals surface area contributed by atoms with E-state index in [4.69, 9.17) is 9.47 Å². The Labute approximate surface area is 119 Å². The third kappa shape index (κ3) is 4.76. The second-order valence-corrected chi connectivity index (χ2v) is 4.51. The molecule has 3 heteroatoms. The largest absolute Gasteiger partial charge is 0.489 e. The van der Waals surface area contributed by atoms with Gasteiger partial charge in [-0.05, 0) is 23.3 Å². The van der Waals surface area contributed by atoms with Crippen molar-refractivity contribution in [1.82, 2.24) is 0 Å². The second-order valence-electron chi connectivity index (χ2n) is 4.51. The molecule has 2 aromatic carbocycles. The summed E-state index contributed by atoms with van der Waals surface area (Å²) < 4.78 is 10.6. The molecule has 0 aromatic heterocycles. The molecule has 0 amide bonds. The predicted octanol–water partition coefficient (Wildman–Crippen LogP) is 3.37. The lowest BCUT2D eigenvalue weighted by Crippen LogP contribution is -2.03. The van der Waals surface area contributed by atoms with Crippen LogP contribution < -0.4 is 4.74 Å². The molecule has 0 N–H and O–H groups in total. The lowest BCUT2D eigenvalue weighted by molar-refractivity contribution is -0.140. The summed E-state index contributed by atoms with van der Waals surface area (Å²) >= 11 is 0. The second kappa shape index (κ2) is 7.34. The van der Waals surface area contributed by atoms with E-state index in [1.54, 1.807) is 0 Å². The van der Waals surface area contributed by atoms with Crippen LogP contribution in [0.4, 0.5) is 0 Å². The first-order valence-corrected chi connectivity index (χ1v) is 6.63. The number of hydrogen-bond donors (Lipinski definition) is 0. The zero-order chi connectivity index (χ0) is 14.2. The van der Waals surface area contributed by atoms with Gasteiger partial charge >= 0.3 is 5.97 Å². The van der Waals surface area contributed by atoms with E-state index in [0.717, 1.165) is 23.3 Å². The topological polar surface area (TPSA) is 35.5 Å². The van der Waals surface area contributed by atoms with Crippen LogP contribution in [0.15, 0.2) is 54.6 Å². The monoisotopic (exact) mass is 270 g/mol. The fraction of sp³-hybridized carbons (Fsp3) is 0.235. The van der Waals surface area contributed by atoms with Gasteiger partial charge in [0.2, 0.25) is 0 Å². The van der Waals surface area contributed by atoms with Crippen molar-refractivity contribution >= 4 is 5.97 Å². The molecule has 2 rings (SSSR count). The third-order valence-corrected chi connectivity index (χ3v) is 2.87. The summed E-state index contributed by atoms with van der Waals surface area (Å²) in [5, 5.41) is 0. The van der Waals surface area contributed by atoms with Crippen LogP contribution in [0, 0.1) is 0 Å². The summed E-state index contributed by atoms with van der Waals surface area (Å²) in [6, 6.07) is 17.9. The van der Waals surface area contributed by atoms with Crippen LogP contribution in [-0.4, -0.2) is 12.6 Å². The van der Waals surface area contributed by atoms with Crippen LogP contribution in [0.5, 0.6) is 5.75 Å². The molecule has 3 nitrogen and oxygen atoms in total. The Balaban J connectivity index is 1.81. The molecule has 0 aliphatic rings. The first kappa shape index (κ1) is 14.1. The van der Waals surface area contributed by atoms with Crippen LogP contribution >= 0.6 is 0 Å². The van der Waals surface area contributed by atoms with Crippen molar-refractivity contribution in [3.8, 4) is 5.75 Å². The Morgan fingerprint density at radius 3 is 2.30 bits per heavy atom. The summed E-state index contributed by atoms with van der Waals surface area (Å²) in [6.07, 6.45) is 0.721. The van der Waals surface area contributed by atoms with E-state index in [2.05, 4.69) is 0 Å².